The molecule has 1 aliphatic carbocycles. The van der Waals surface area contributed by atoms with Crippen molar-refractivity contribution < 1.29 is 22.7 Å². The van der Waals surface area contributed by atoms with E-state index in [-0.39, 0.29) is 29.8 Å². The number of hydrogen-bond acceptors (Lipinski definition) is 5. The second-order valence-electron chi connectivity index (χ2n) is 12.1. The van der Waals surface area contributed by atoms with Gasteiger partial charge in [0, 0.05) is 19.0 Å². The molecular weight excluding hydrogens is 611 g/mol. The topological polar surface area (TPSA) is 96.0 Å². The van der Waals surface area contributed by atoms with E-state index in [1.807, 2.05) is 61.5 Å². The number of carbonyl (C=O) groups is 2. The third kappa shape index (κ3) is 8.80. The Hall–Kier alpha value is -4.63. The fraction of sp³-hybridized carbons (Fsp3) is 0.316. The fourth-order valence-corrected chi connectivity index (χ4v) is 7.40. The van der Waals surface area contributed by atoms with Crippen molar-refractivity contribution in [1.82, 2.24) is 10.2 Å². The van der Waals surface area contributed by atoms with Crippen molar-refractivity contribution in [3.63, 3.8) is 0 Å². The summed E-state index contributed by atoms with van der Waals surface area (Å²) in [7, 11) is -2.67. The van der Waals surface area contributed by atoms with Gasteiger partial charge in [-0.05, 0) is 67.3 Å². The average molecular weight is 654 g/mol. The quantitative estimate of drug-likeness (QED) is 0.183. The van der Waals surface area contributed by atoms with Gasteiger partial charge < -0.3 is 15.0 Å². The molecule has 4 aromatic rings. The van der Waals surface area contributed by atoms with E-state index in [4.69, 9.17) is 4.74 Å². The van der Waals surface area contributed by atoms with Crippen LogP contribution in [0.2, 0.25) is 0 Å². The number of methoxy groups -OCH3 is 1. The minimum absolute atomic E-state index is 0.0240. The molecule has 8 nitrogen and oxygen atoms in total. The van der Waals surface area contributed by atoms with Gasteiger partial charge in [-0.2, -0.15) is 0 Å². The van der Waals surface area contributed by atoms with Gasteiger partial charge in [-0.1, -0.05) is 97.6 Å². The number of nitrogens with one attached hydrogen (secondary N) is 1. The summed E-state index contributed by atoms with van der Waals surface area (Å²) in [4.78, 5) is 30.4. The zero-order chi connectivity index (χ0) is 33.2. The zero-order valence-corrected chi connectivity index (χ0v) is 27.9. The second-order valence-corrected chi connectivity index (χ2v) is 13.9. The SMILES string of the molecule is COc1ccc(S(=O)(=O)N(CC(=O)N(Cc2ccc(C)cc2)[C@H](Cc2ccccc2)C(=O)NC2CCCCC2)c2ccccc2)cc1. The van der Waals surface area contributed by atoms with E-state index in [9.17, 15) is 18.0 Å². The Morgan fingerprint density at radius 3 is 2.04 bits per heavy atom. The Bertz CT molecular complexity index is 1710. The molecule has 1 fully saturated rings. The predicted molar refractivity (Wildman–Crippen MR) is 185 cm³/mol. The number of anilines is 1. The molecule has 0 saturated heterocycles. The molecule has 5 rings (SSSR count). The molecule has 1 aliphatic rings. The second kappa shape index (κ2) is 15.8. The Labute approximate surface area is 278 Å². The van der Waals surface area contributed by atoms with Crippen molar-refractivity contribution in [3.8, 4) is 5.75 Å². The largest absolute Gasteiger partial charge is 0.497 e. The van der Waals surface area contributed by atoms with Gasteiger partial charge in [-0.3, -0.25) is 13.9 Å². The lowest BCUT2D eigenvalue weighted by Gasteiger charge is -2.35. The molecule has 0 spiro atoms. The number of carbonyl (C=O) groups excluding carboxylic acids is 2. The predicted octanol–water partition coefficient (Wildman–Crippen LogP) is 6.29. The molecule has 1 N–H and O–H groups in total. The minimum Gasteiger partial charge on any atom is -0.497 e. The van der Waals surface area contributed by atoms with E-state index in [1.165, 1.54) is 19.2 Å². The van der Waals surface area contributed by atoms with E-state index >= 15 is 0 Å². The molecule has 0 heterocycles. The van der Waals surface area contributed by atoms with Crippen LogP contribution in [0, 0.1) is 6.92 Å². The fourth-order valence-electron chi connectivity index (χ4n) is 5.99. The van der Waals surface area contributed by atoms with Gasteiger partial charge in [-0.25, -0.2) is 8.42 Å². The lowest BCUT2D eigenvalue weighted by molar-refractivity contribution is -0.140. The van der Waals surface area contributed by atoms with Crippen LogP contribution in [0.3, 0.4) is 0 Å². The third-order valence-electron chi connectivity index (χ3n) is 8.67. The molecular formula is C38H43N3O5S. The molecule has 246 valence electrons. The molecule has 1 atom stereocenters. The van der Waals surface area contributed by atoms with E-state index in [0.717, 1.165) is 53.1 Å². The van der Waals surface area contributed by atoms with E-state index in [2.05, 4.69) is 5.32 Å². The highest BCUT2D eigenvalue weighted by Crippen LogP contribution is 2.26. The van der Waals surface area contributed by atoms with Crippen molar-refractivity contribution in [1.29, 1.82) is 0 Å². The number of benzene rings is 4. The maximum atomic E-state index is 14.6. The van der Waals surface area contributed by atoms with Crippen LogP contribution < -0.4 is 14.4 Å². The van der Waals surface area contributed by atoms with Gasteiger partial charge in [0.2, 0.25) is 11.8 Å². The maximum absolute atomic E-state index is 14.6. The molecule has 0 aliphatic heterocycles. The molecule has 1 saturated carbocycles. The van der Waals surface area contributed by atoms with Crippen molar-refractivity contribution in [2.45, 2.75) is 69.0 Å². The van der Waals surface area contributed by atoms with Crippen LogP contribution in [-0.2, 0) is 32.6 Å². The summed E-state index contributed by atoms with van der Waals surface area (Å²) in [6, 6.07) is 31.3. The molecule has 9 heteroatoms. The Balaban J connectivity index is 1.54. The van der Waals surface area contributed by atoms with Gasteiger partial charge >= 0.3 is 0 Å². The zero-order valence-electron chi connectivity index (χ0n) is 27.0. The van der Waals surface area contributed by atoms with Crippen LogP contribution in [0.1, 0.15) is 48.8 Å². The molecule has 0 aromatic heterocycles. The molecule has 4 aromatic carbocycles. The Morgan fingerprint density at radius 1 is 0.809 bits per heavy atom. The maximum Gasteiger partial charge on any atom is 0.264 e. The first-order valence-electron chi connectivity index (χ1n) is 16.2. The smallest absolute Gasteiger partial charge is 0.264 e. The normalized spacial score (nSPS) is 14.2. The number of rotatable bonds is 13. The number of ether oxygens (including phenoxy) is 1. The molecule has 0 unspecified atom stereocenters. The van der Waals surface area contributed by atoms with Crippen LogP contribution >= 0.6 is 0 Å². The summed E-state index contributed by atoms with van der Waals surface area (Å²) in [5, 5.41) is 3.24. The molecule has 0 bridgehead atoms. The Morgan fingerprint density at radius 2 is 1.43 bits per heavy atom. The first kappa shape index (κ1) is 33.7. The monoisotopic (exact) mass is 653 g/mol. The summed E-state index contributed by atoms with van der Waals surface area (Å²) in [5.74, 6) is -0.194. The summed E-state index contributed by atoms with van der Waals surface area (Å²) in [6.07, 6.45) is 5.34. The first-order valence-corrected chi connectivity index (χ1v) is 17.6. The lowest BCUT2D eigenvalue weighted by atomic mass is 9.94. The van der Waals surface area contributed by atoms with Gasteiger partial charge in [0.1, 0.15) is 18.3 Å². The van der Waals surface area contributed by atoms with Gasteiger partial charge in [-0.15, -0.1) is 0 Å². The third-order valence-corrected chi connectivity index (χ3v) is 10.5. The summed E-state index contributed by atoms with van der Waals surface area (Å²) in [6.45, 7) is 1.64. The van der Waals surface area contributed by atoms with Gasteiger partial charge in [0.25, 0.3) is 10.0 Å². The number of hydrogen-bond donors (Lipinski definition) is 1. The van der Waals surface area contributed by atoms with E-state index in [1.54, 1.807) is 47.4 Å². The first-order chi connectivity index (χ1) is 22.7. The van der Waals surface area contributed by atoms with Crippen LogP contribution in [-0.4, -0.2) is 50.9 Å². The molecule has 47 heavy (non-hydrogen) atoms. The number of aryl methyl sites for hydroxylation is 1. The highest BCUT2D eigenvalue weighted by molar-refractivity contribution is 7.92. The summed E-state index contributed by atoms with van der Waals surface area (Å²) in [5.41, 5.74) is 3.17. The Kier molecular flexibility index (Phi) is 11.3. The number of sulfonamides is 1. The molecule has 2 amide bonds. The molecule has 0 radical (unpaired) electrons. The summed E-state index contributed by atoms with van der Waals surface area (Å²) >= 11 is 0. The average Bonchev–Trinajstić information content (AvgIpc) is 3.10. The number of amides is 2. The number of para-hydroxylation sites is 1. The van der Waals surface area contributed by atoms with E-state index in [0.29, 0.717) is 11.4 Å². The van der Waals surface area contributed by atoms with E-state index < -0.39 is 28.5 Å². The van der Waals surface area contributed by atoms with Crippen molar-refractivity contribution in [2.24, 2.45) is 0 Å². The van der Waals surface area contributed by atoms with Gasteiger partial charge in [0.05, 0.1) is 17.7 Å². The standard InChI is InChI=1S/C38H43N3O5S/c1-29-18-20-31(21-19-29)27-40(36(26-30-12-6-3-7-13-30)38(43)39-32-14-8-4-9-15-32)37(42)28-41(33-16-10-5-11-17-33)47(44,45)35-24-22-34(46-2)23-25-35/h3,5-7,10-13,16-25,32,36H,4,8-9,14-15,26-28H2,1-2H3,(H,39,43)/t36-/m1/s1. The van der Waals surface area contributed by atoms with Gasteiger partial charge in [0.15, 0.2) is 0 Å². The lowest BCUT2D eigenvalue weighted by Crippen LogP contribution is -2.55. The highest BCUT2D eigenvalue weighted by atomic mass is 32.2. The van der Waals surface area contributed by atoms with Crippen LogP contribution in [0.25, 0.3) is 0 Å². The van der Waals surface area contributed by atoms with Crippen molar-refractivity contribution >= 4 is 27.5 Å². The van der Waals surface area contributed by atoms with Crippen LogP contribution in [0.5, 0.6) is 5.75 Å². The van der Waals surface area contributed by atoms with Crippen LogP contribution in [0.4, 0.5) is 5.69 Å². The summed E-state index contributed by atoms with van der Waals surface area (Å²) < 4.78 is 34.7. The minimum atomic E-state index is -4.18. The van der Waals surface area contributed by atoms with Crippen LogP contribution in [0.15, 0.2) is 114 Å². The van der Waals surface area contributed by atoms with Crippen molar-refractivity contribution in [2.75, 3.05) is 18.0 Å². The van der Waals surface area contributed by atoms with Crippen molar-refractivity contribution in [3.05, 3.63) is 126 Å². The highest BCUT2D eigenvalue weighted by Gasteiger charge is 2.35. The number of nitrogens with zero attached hydrogens (tertiary/aromatic N) is 2.